The molecule has 4 rings (SSSR count). The maximum Gasteiger partial charge on any atom is 0.228 e. The van der Waals surface area contributed by atoms with Crippen LogP contribution in [0.5, 0.6) is 0 Å². The van der Waals surface area contributed by atoms with Gasteiger partial charge in [-0.1, -0.05) is 12.1 Å². The van der Waals surface area contributed by atoms with Gasteiger partial charge in [0.25, 0.3) is 0 Å². The maximum absolute atomic E-state index is 12.8. The van der Waals surface area contributed by atoms with E-state index in [4.69, 9.17) is 4.74 Å². The molecule has 0 saturated carbocycles. The molecule has 7 nitrogen and oxygen atoms in total. The summed E-state index contributed by atoms with van der Waals surface area (Å²) in [7, 11) is 1.66. The summed E-state index contributed by atoms with van der Waals surface area (Å²) in [4.78, 5) is 27.1. The molecule has 2 aliphatic heterocycles. The third-order valence-electron chi connectivity index (χ3n) is 5.60. The van der Waals surface area contributed by atoms with Gasteiger partial charge in [0.15, 0.2) is 0 Å². The zero-order valence-corrected chi connectivity index (χ0v) is 14.2. The summed E-state index contributed by atoms with van der Waals surface area (Å²) < 4.78 is 5.56. The molecular weight excluding hydrogens is 320 g/mol. The van der Waals surface area contributed by atoms with Gasteiger partial charge >= 0.3 is 0 Å². The van der Waals surface area contributed by atoms with E-state index in [0.29, 0.717) is 39.1 Å². The van der Waals surface area contributed by atoms with Crippen LogP contribution in [0, 0.1) is 11.3 Å². The Hall–Kier alpha value is -2.41. The van der Waals surface area contributed by atoms with Crippen LogP contribution in [-0.2, 0) is 20.7 Å². The lowest BCUT2D eigenvalue weighted by molar-refractivity contribution is -0.139. The highest BCUT2D eigenvalue weighted by Crippen LogP contribution is 2.42. The quantitative estimate of drug-likeness (QED) is 0.860. The van der Waals surface area contributed by atoms with Crippen molar-refractivity contribution >= 4 is 22.7 Å². The minimum absolute atomic E-state index is 0.0231. The van der Waals surface area contributed by atoms with Crippen LogP contribution in [0.2, 0.25) is 0 Å². The molecule has 1 aromatic carbocycles. The lowest BCUT2D eigenvalue weighted by Gasteiger charge is -2.36. The monoisotopic (exact) mass is 342 g/mol. The summed E-state index contributed by atoms with van der Waals surface area (Å²) in [5.41, 5.74) is 1.37. The number of likely N-dealkylation sites (tertiary alicyclic amines) is 1. The highest BCUT2D eigenvalue weighted by molar-refractivity contribution is 5.87. The molecule has 2 N–H and O–H groups in total. The van der Waals surface area contributed by atoms with E-state index in [9.17, 15) is 9.59 Å². The molecule has 3 heterocycles. The molecule has 0 bridgehead atoms. The van der Waals surface area contributed by atoms with E-state index in [-0.39, 0.29) is 17.7 Å². The van der Waals surface area contributed by atoms with Crippen molar-refractivity contribution in [1.82, 2.24) is 20.4 Å². The number of aromatic amines is 1. The number of nitrogens with zero attached hydrogens (tertiary/aromatic N) is 2. The second-order valence-corrected chi connectivity index (χ2v) is 7.00. The van der Waals surface area contributed by atoms with Crippen molar-refractivity contribution in [2.75, 3.05) is 33.4 Å². The first-order chi connectivity index (χ1) is 12.1. The fourth-order valence-corrected chi connectivity index (χ4v) is 4.14. The Bertz CT molecular complexity index is 818. The minimum Gasteiger partial charge on any atom is -0.381 e. The molecule has 0 unspecified atom stereocenters. The molecule has 7 heteroatoms. The second-order valence-electron chi connectivity index (χ2n) is 7.00. The number of amides is 2. The van der Waals surface area contributed by atoms with Gasteiger partial charge in [-0.3, -0.25) is 14.7 Å². The third-order valence-corrected chi connectivity index (χ3v) is 5.60. The molecule has 2 aromatic rings. The van der Waals surface area contributed by atoms with Crippen molar-refractivity contribution in [2.45, 2.75) is 12.8 Å². The average molecular weight is 342 g/mol. The summed E-state index contributed by atoms with van der Waals surface area (Å²) in [6.45, 7) is 2.17. The topological polar surface area (TPSA) is 87.3 Å². The number of ether oxygens (including phenoxy) is 1. The lowest BCUT2D eigenvalue weighted by atomic mass is 9.73. The first kappa shape index (κ1) is 16.1. The number of nitrogens with one attached hydrogen (secondary N) is 2. The molecule has 2 amide bonds. The third kappa shape index (κ3) is 2.68. The van der Waals surface area contributed by atoms with E-state index in [1.807, 2.05) is 23.1 Å². The van der Waals surface area contributed by atoms with Crippen molar-refractivity contribution in [1.29, 1.82) is 0 Å². The van der Waals surface area contributed by atoms with Gasteiger partial charge in [0.05, 0.1) is 30.2 Å². The SMILES string of the molecule is CNC(=O)[C@]12CCOC[C@H]1CN(C(=O)Cc1ccc3cn[nH]c3c1)C2. The van der Waals surface area contributed by atoms with Crippen molar-refractivity contribution in [3.05, 3.63) is 30.0 Å². The predicted molar refractivity (Wildman–Crippen MR) is 91.8 cm³/mol. The van der Waals surface area contributed by atoms with Gasteiger partial charge in [-0.15, -0.1) is 0 Å². The van der Waals surface area contributed by atoms with Crippen LogP contribution >= 0.6 is 0 Å². The molecule has 25 heavy (non-hydrogen) atoms. The Labute approximate surface area is 145 Å². The zero-order valence-electron chi connectivity index (χ0n) is 14.2. The first-order valence-electron chi connectivity index (χ1n) is 8.62. The van der Waals surface area contributed by atoms with Gasteiger partial charge in [0.2, 0.25) is 11.8 Å². The Morgan fingerprint density at radius 1 is 1.48 bits per heavy atom. The smallest absolute Gasteiger partial charge is 0.228 e. The van der Waals surface area contributed by atoms with Crippen molar-refractivity contribution in [3.8, 4) is 0 Å². The van der Waals surface area contributed by atoms with Crippen LogP contribution in [0.3, 0.4) is 0 Å². The van der Waals surface area contributed by atoms with Gasteiger partial charge < -0.3 is 15.0 Å². The summed E-state index contributed by atoms with van der Waals surface area (Å²) in [5, 5.41) is 10.7. The van der Waals surface area contributed by atoms with Gasteiger partial charge in [-0.25, -0.2) is 0 Å². The molecule has 1 aromatic heterocycles. The predicted octanol–water partition coefficient (Wildman–Crippen LogP) is 0.717. The Morgan fingerprint density at radius 3 is 3.20 bits per heavy atom. The van der Waals surface area contributed by atoms with Crippen LogP contribution in [-0.4, -0.2) is 60.3 Å². The number of fused-ring (bicyclic) bond motifs is 2. The van der Waals surface area contributed by atoms with Gasteiger partial charge in [0.1, 0.15) is 0 Å². The fourth-order valence-electron chi connectivity index (χ4n) is 4.14. The van der Waals surface area contributed by atoms with Crippen LogP contribution in [0.15, 0.2) is 24.4 Å². The molecule has 0 radical (unpaired) electrons. The number of carbonyl (C=O) groups is 2. The van der Waals surface area contributed by atoms with E-state index >= 15 is 0 Å². The molecular formula is C18H22N4O3. The van der Waals surface area contributed by atoms with E-state index in [0.717, 1.165) is 16.5 Å². The average Bonchev–Trinajstić information content (AvgIpc) is 3.25. The maximum atomic E-state index is 12.8. The number of hydrogen-bond donors (Lipinski definition) is 2. The van der Waals surface area contributed by atoms with Gasteiger partial charge in [-0.2, -0.15) is 5.10 Å². The van der Waals surface area contributed by atoms with Crippen LogP contribution < -0.4 is 5.32 Å². The molecule has 2 saturated heterocycles. The fraction of sp³-hybridized carbons (Fsp3) is 0.500. The number of H-pyrrole nitrogens is 1. The molecule has 2 atom stereocenters. The summed E-state index contributed by atoms with van der Waals surface area (Å²) >= 11 is 0. The highest BCUT2D eigenvalue weighted by Gasteiger charge is 2.54. The molecule has 0 aliphatic carbocycles. The van der Waals surface area contributed by atoms with Gasteiger partial charge in [-0.05, 0) is 18.1 Å². The second kappa shape index (κ2) is 6.15. The standard InChI is InChI=1S/C18H22N4O3/c1-19-17(24)18-4-5-25-10-14(18)9-22(11-18)16(23)7-12-2-3-13-8-20-21-15(13)6-12/h2-3,6,8,14H,4-5,7,9-11H2,1H3,(H,19,24)(H,20,21)/t14-,18+/m1/s1. The lowest BCUT2D eigenvalue weighted by Crippen LogP contribution is -2.49. The van der Waals surface area contributed by atoms with E-state index in [1.54, 1.807) is 13.2 Å². The number of hydrogen-bond acceptors (Lipinski definition) is 4. The Morgan fingerprint density at radius 2 is 2.36 bits per heavy atom. The largest absolute Gasteiger partial charge is 0.381 e. The highest BCUT2D eigenvalue weighted by atomic mass is 16.5. The molecule has 0 spiro atoms. The summed E-state index contributed by atoms with van der Waals surface area (Å²) in [5.74, 6) is 0.145. The Kier molecular flexibility index (Phi) is 3.95. The minimum atomic E-state index is -0.504. The van der Waals surface area contributed by atoms with Crippen molar-refractivity contribution < 1.29 is 14.3 Å². The van der Waals surface area contributed by atoms with Gasteiger partial charge in [0, 0.05) is 38.0 Å². The van der Waals surface area contributed by atoms with E-state index < -0.39 is 5.41 Å². The van der Waals surface area contributed by atoms with E-state index in [2.05, 4.69) is 15.5 Å². The first-order valence-corrected chi connectivity index (χ1v) is 8.62. The molecule has 132 valence electrons. The molecule has 2 aliphatic rings. The summed E-state index contributed by atoms with van der Waals surface area (Å²) in [6.07, 6.45) is 2.76. The number of benzene rings is 1. The van der Waals surface area contributed by atoms with Crippen LogP contribution in [0.1, 0.15) is 12.0 Å². The Balaban J connectivity index is 1.51. The number of rotatable bonds is 3. The van der Waals surface area contributed by atoms with Crippen LogP contribution in [0.25, 0.3) is 10.9 Å². The molecule has 2 fully saturated rings. The zero-order chi connectivity index (χ0) is 17.4. The van der Waals surface area contributed by atoms with Crippen LogP contribution in [0.4, 0.5) is 0 Å². The summed E-state index contributed by atoms with van der Waals surface area (Å²) in [6, 6.07) is 5.88. The van der Waals surface area contributed by atoms with Crippen molar-refractivity contribution in [3.63, 3.8) is 0 Å². The number of carbonyl (C=O) groups excluding carboxylic acids is 2. The number of aromatic nitrogens is 2. The van der Waals surface area contributed by atoms with E-state index in [1.165, 1.54) is 0 Å². The normalized spacial score (nSPS) is 25.8. The van der Waals surface area contributed by atoms with Crippen molar-refractivity contribution in [2.24, 2.45) is 11.3 Å².